The third kappa shape index (κ3) is 5.06. The molecule has 2 N–H and O–H groups in total. The molecular formula is C26H18FN3O3S2. The zero-order chi connectivity index (χ0) is 24.4. The van der Waals surface area contributed by atoms with Gasteiger partial charge in [0.25, 0.3) is 15.9 Å². The normalized spacial score (nSPS) is 11.3. The van der Waals surface area contributed by atoms with Crippen molar-refractivity contribution in [3.8, 4) is 10.6 Å². The van der Waals surface area contributed by atoms with E-state index in [0.29, 0.717) is 5.69 Å². The molecule has 0 aliphatic heterocycles. The van der Waals surface area contributed by atoms with Crippen molar-refractivity contribution >= 4 is 48.9 Å². The Kier molecular flexibility index (Phi) is 6.02. The topological polar surface area (TPSA) is 88.2 Å². The summed E-state index contributed by atoms with van der Waals surface area (Å²) in [5.41, 5.74) is 2.98. The second-order valence-electron chi connectivity index (χ2n) is 7.66. The van der Waals surface area contributed by atoms with Crippen LogP contribution < -0.4 is 10.0 Å². The van der Waals surface area contributed by atoms with E-state index in [1.807, 2.05) is 36.4 Å². The van der Waals surface area contributed by atoms with Crippen molar-refractivity contribution in [2.75, 3.05) is 10.0 Å². The van der Waals surface area contributed by atoms with Crippen molar-refractivity contribution in [3.63, 3.8) is 0 Å². The lowest BCUT2D eigenvalue weighted by atomic mass is 10.1. The first-order valence-electron chi connectivity index (χ1n) is 10.5. The van der Waals surface area contributed by atoms with Crippen LogP contribution in [0.15, 0.2) is 102 Å². The van der Waals surface area contributed by atoms with Gasteiger partial charge in [0, 0.05) is 22.5 Å². The molecule has 0 bridgehead atoms. The van der Waals surface area contributed by atoms with Crippen molar-refractivity contribution in [2.45, 2.75) is 4.90 Å². The standard InChI is InChI=1S/C26H18FN3O3S2/c27-19-10-14-22(15-11-19)35(32,33)30-21-5-3-4-18(16-21)25(31)28-20-12-8-17(9-13-20)26-29-23-6-1-2-7-24(23)34-26/h1-16,30H,(H,28,31). The number of hydrogen-bond donors (Lipinski definition) is 2. The van der Waals surface area contributed by atoms with E-state index in [0.717, 1.165) is 32.9 Å². The maximum absolute atomic E-state index is 13.1. The van der Waals surface area contributed by atoms with Crippen molar-refractivity contribution in [1.82, 2.24) is 4.98 Å². The van der Waals surface area contributed by atoms with Gasteiger partial charge in [-0.15, -0.1) is 11.3 Å². The summed E-state index contributed by atoms with van der Waals surface area (Å²) in [6.07, 6.45) is 0. The number of nitrogens with zero attached hydrogens (tertiary/aromatic N) is 1. The van der Waals surface area contributed by atoms with E-state index in [9.17, 15) is 17.6 Å². The summed E-state index contributed by atoms with van der Waals surface area (Å²) in [5.74, 6) is -0.920. The molecule has 5 rings (SSSR count). The number of aromatic nitrogens is 1. The van der Waals surface area contributed by atoms with Gasteiger partial charge in [-0.25, -0.2) is 17.8 Å². The highest BCUT2D eigenvalue weighted by atomic mass is 32.2. The fraction of sp³-hybridized carbons (Fsp3) is 0. The number of amides is 1. The van der Waals surface area contributed by atoms with Crippen LogP contribution in [0.25, 0.3) is 20.8 Å². The molecule has 0 aliphatic carbocycles. The van der Waals surface area contributed by atoms with E-state index < -0.39 is 15.8 Å². The summed E-state index contributed by atoms with van der Waals surface area (Å²) in [5, 5.41) is 3.71. The van der Waals surface area contributed by atoms with Gasteiger partial charge in [-0.1, -0.05) is 18.2 Å². The summed E-state index contributed by atoms with van der Waals surface area (Å²) >= 11 is 1.60. The molecule has 0 saturated heterocycles. The Hall–Kier alpha value is -4.08. The third-order valence-electron chi connectivity index (χ3n) is 5.18. The second kappa shape index (κ2) is 9.28. The molecule has 1 aromatic heterocycles. The van der Waals surface area contributed by atoms with Gasteiger partial charge >= 0.3 is 0 Å². The molecule has 1 amide bonds. The molecule has 0 radical (unpaired) electrons. The minimum atomic E-state index is -3.93. The number of thiazole rings is 1. The minimum Gasteiger partial charge on any atom is -0.322 e. The van der Waals surface area contributed by atoms with Gasteiger partial charge in [-0.05, 0) is 78.9 Å². The molecule has 0 saturated carbocycles. The van der Waals surface area contributed by atoms with Gasteiger partial charge in [-0.2, -0.15) is 0 Å². The molecule has 0 fully saturated rings. The van der Waals surface area contributed by atoms with Crippen LogP contribution in [-0.2, 0) is 10.0 Å². The predicted molar refractivity (Wildman–Crippen MR) is 137 cm³/mol. The maximum atomic E-state index is 13.1. The summed E-state index contributed by atoms with van der Waals surface area (Å²) in [4.78, 5) is 17.3. The van der Waals surface area contributed by atoms with E-state index in [4.69, 9.17) is 0 Å². The molecule has 35 heavy (non-hydrogen) atoms. The van der Waals surface area contributed by atoms with Crippen molar-refractivity contribution < 1.29 is 17.6 Å². The lowest BCUT2D eigenvalue weighted by Crippen LogP contribution is -2.15. The van der Waals surface area contributed by atoms with Crippen LogP contribution in [0.3, 0.4) is 0 Å². The number of para-hydroxylation sites is 1. The van der Waals surface area contributed by atoms with Crippen LogP contribution in [-0.4, -0.2) is 19.3 Å². The van der Waals surface area contributed by atoms with Gasteiger partial charge in [-0.3, -0.25) is 9.52 Å². The van der Waals surface area contributed by atoms with Crippen molar-refractivity contribution in [2.24, 2.45) is 0 Å². The number of fused-ring (bicyclic) bond motifs is 1. The molecule has 4 aromatic carbocycles. The zero-order valence-corrected chi connectivity index (χ0v) is 19.7. The van der Waals surface area contributed by atoms with E-state index in [1.54, 1.807) is 35.6 Å². The van der Waals surface area contributed by atoms with E-state index in [1.165, 1.54) is 24.3 Å². The number of nitrogens with one attached hydrogen (secondary N) is 2. The van der Waals surface area contributed by atoms with Crippen LogP contribution in [0.2, 0.25) is 0 Å². The highest BCUT2D eigenvalue weighted by Gasteiger charge is 2.15. The van der Waals surface area contributed by atoms with Gasteiger partial charge in [0.15, 0.2) is 0 Å². The molecular weight excluding hydrogens is 485 g/mol. The Labute approximate surface area is 205 Å². The molecule has 5 aromatic rings. The van der Waals surface area contributed by atoms with Crippen LogP contribution in [0, 0.1) is 5.82 Å². The molecule has 1 heterocycles. The van der Waals surface area contributed by atoms with E-state index in [-0.39, 0.29) is 22.1 Å². The van der Waals surface area contributed by atoms with Crippen LogP contribution in [0.4, 0.5) is 15.8 Å². The average Bonchev–Trinajstić information content (AvgIpc) is 3.29. The Bertz CT molecular complexity index is 1600. The Morgan fingerprint density at radius 1 is 0.829 bits per heavy atom. The van der Waals surface area contributed by atoms with E-state index >= 15 is 0 Å². The Morgan fingerprint density at radius 2 is 1.57 bits per heavy atom. The highest BCUT2D eigenvalue weighted by Crippen LogP contribution is 2.30. The fourth-order valence-corrected chi connectivity index (χ4v) is 5.47. The molecule has 0 spiro atoms. The lowest BCUT2D eigenvalue weighted by Gasteiger charge is -2.10. The van der Waals surface area contributed by atoms with Gasteiger partial charge in [0.2, 0.25) is 0 Å². The molecule has 6 nitrogen and oxygen atoms in total. The summed E-state index contributed by atoms with van der Waals surface area (Å²) in [6, 6.07) is 25.9. The second-order valence-corrected chi connectivity index (χ2v) is 10.4. The number of carbonyl (C=O) groups excluding carboxylic acids is 1. The van der Waals surface area contributed by atoms with Gasteiger partial charge in [0.1, 0.15) is 10.8 Å². The largest absolute Gasteiger partial charge is 0.322 e. The summed E-state index contributed by atoms with van der Waals surface area (Å²) < 4.78 is 41.7. The van der Waals surface area contributed by atoms with Gasteiger partial charge in [0.05, 0.1) is 15.1 Å². The number of benzene rings is 4. The predicted octanol–water partition coefficient (Wildman–Crippen LogP) is 6.16. The lowest BCUT2D eigenvalue weighted by molar-refractivity contribution is 0.102. The summed E-state index contributed by atoms with van der Waals surface area (Å²) in [7, 11) is -3.93. The van der Waals surface area contributed by atoms with Crippen LogP contribution in [0.5, 0.6) is 0 Å². The average molecular weight is 504 g/mol. The minimum absolute atomic E-state index is 0.0815. The van der Waals surface area contributed by atoms with Crippen molar-refractivity contribution in [3.05, 3.63) is 108 Å². The molecule has 0 aliphatic rings. The molecule has 174 valence electrons. The fourth-order valence-electron chi connectivity index (χ4n) is 3.45. The molecule has 0 atom stereocenters. The number of anilines is 2. The summed E-state index contributed by atoms with van der Waals surface area (Å²) in [6.45, 7) is 0. The third-order valence-corrected chi connectivity index (χ3v) is 7.67. The SMILES string of the molecule is O=C(Nc1ccc(-c2nc3ccccc3s2)cc1)c1cccc(NS(=O)(=O)c2ccc(F)cc2)c1. The van der Waals surface area contributed by atoms with E-state index in [2.05, 4.69) is 15.0 Å². The maximum Gasteiger partial charge on any atom is 0.261 e. The van der Waals surface area contributed by atoms with Crippen molar-refractivity contribution in [1.29, 1.82) is 0 Å². The first-order chi connectivity index (χ1) is 16.9. The first kappa shape index (κ1) is 22.7. The van der Waals surface area contributed by atoms with Crippen LogP contribution >= 0.6 is 11.3 Å². The monoisotopic (exact) mass is 503 g/mol. The number of rotatable bonds is 6. The Balaban J connectivity index is 1.29. The van der Waals surface area contributed by atoms with Crippen LogP contribution in [0.1, 0.15) is 10.4 Å². The molecule has 0 unspecified atom stereocenters. The Morgan fingerprint density at radius 3 is 2.31 bits per heavy atom. The number of carbonyl (C=O) groups is 1. The first-order valence-corrected chi connectivity index (χ1v) is 12.8. The number of sulfonamides is 1. The highest BCUT2D eigenvalue weighted by molar-refractivity contribution is 7.92. The smallest absolute Gasteiger partial charge is 0.261 e. The quantitative estimate of drug-likeness (QED) is 0.291. The number of halogens is 1. The number of hydrogen-bond acceptors (Lipinski definition) is 5. The molecule has 9 heteroatoms. The zero-order valence-electron chi connectivity index (χ0n) is 18.1. The van der Waals surface area contributed by atoms with Gasteiger partial charge < -0.3 is 5.32 Å².